The topological polar surface area (TPSA) is 27.1 Å². The van der Waals surface area contributed by atoms with Gasteiger partial charge in [-0.1, -0.05) is 11.8 Å². The molecule has 0 radical (unpaired) electrons. The lowest BCUT2D eigenvalue weighted by atomic mass is 10.5. The van der Waals surface area contributed by atoms with Crippen LogP contribution in [0.15, 0.2) is 12.5 Å². The van der Waals surface area contributed by atoms with Crippen LogP contribution in [-0.2, 0) is 11.8 Å². The van der Waals surface area contributed by atoms with E-state index >= 15 is 0 Å². The molecule has 0 aliphatic rings. The molecule has 68 valence electrons. The van der Waals surface area contributed by atoms with E-state index < -0.39 is 0 Å². The Bertz CT molecular complexity index is 314. The van der Waals surface area contributed by atoms with E-state index in [4.69, 9.17) is 12.8 Å². The van der Waals surface area contributed by atoms with Crippen molar-refractivity contribution >= 4 is 0 Å². The highest BCUT2D eigenvalue weighted by Gasteiger charge is 1.87. The van der Waals surface area contributed by atoms with Gasteiger partial charge in [0.05, 0.1) is 12.5 Å². The van der Waals surface area contributed by atoms with Gasteiger partial charge in [-0.3, -0.25) is 0 Å². The Balaban J connectivity index is 0.000000252. The van der Waals surface area contributed by atoms with Crippen molar-refractivity contribution in [3.8, 4) is 24.7 Å². The van der Waals surface area contributed by atoms with E-state index in [1.165, 1.54) is 0 Å². The van der Waals surface area contributed by atoms with Crippen LogP contribution in [0.5, 0.6) is 0 Å². The molecule has 3 nitrogen and oxygen atoms in total. The van der Waals surface area contributed by atoms with Gasteiger partial charge in [0.15, 0.2) is 0 Å². The fourth-order valence-electron chi connectivity index (χ4n) is 0.580. The summed E-state index contributed by atoms with van der Waals surface area (Å²) in [6.45, 7) is 0.417. The molecule has 1 heterocycles. The Labute approximate surface area is 78.7 Å². The van der Waals surface area contributed by atoms with Crippen LogP contribution in [0.4, 0.5) is 0 Å². The van der Waals surface area contributed by atoms with Crippen molar-refractivity contribution in [3.63, 3.8) is 0 Å². The van der Waals surface area contributed by atoms with Crippen molar-refractivity contribution in [1.82, 2.24) is 9.55 Å². The van der Waals surface area contributed by atoms with E-state index in [0.717, 1.165) is 5.69 Å². The fraction of sp³-hybridized carbons (Fsp3) is 0.300. The summed E-state index contributed by atoms with van der Waals surface area (Å²) < 4.78 is 6.25. The standard InChI is InChI=1S/C6H6N2.C4H6O/c1-3-6-4-7-5-8(6)2;1-3-4-5-2/h1,4-5H,2H3;1H,4H2,2H3. The van der Waals surface area contributed by atoms with Crippen LogP contribution >= 0.6 is 0 Å². The molecule has 0 unspecified atom stereocenters. The second kappa shape index (κ2) is 6.97. The lowest BCUT2D eigenvalue weighted by molar-refractivity contribution is 0.240. The largest absolute Gasteiger partial charge is 0.372 e. The second-order valence-electron chi connectivity index (χ2n) is 2.17. The molecule has 1 rings (SSSR count). The third-order valence-electron chi connectivity index (χ3n) is 1.19. The second-order valence-corrected chi connectivity index (χ2v) is 2.17. The Morgan fingerprint density at radius 1 is 1.62 bits per heavy atom. The number of nitrogens with zero attached hydrogens (tertiary/aromatic N) is 2. The van der Waals surface area contributed by atoms with Crippen LogP contribution in [0.1, 0.15) is 5.69 Å². The number of hydrogen-bond acceptors (Lipinski definition) is 2. The van der Waals surface area contributed by atoms with Crippen molar-refractivity contribution in [2.45, 2.75) is 0 Å². The third-order valence-corrected chi connectivity index (χ3v) is 1.19. The van der Waals surface area contributed by atoms with Crippen LogP contribution in [0, 0.1) is 24.7 Å². The molecule has 0 N–H and O–H groups in total. The summed E-state index contributed by atoms with van der Waals surface area (Å²) in [6, 6.07) is 0. The molecule has 0 atom stereocenters. The fourth-order valence-corrected chi connectivity index (χ4v) is 0.580. The highest BCUT2D eigenvalue weighted by atomic mass is 16.5. The molecular weight excluding hydrogens is 164 g/mol. The van der Waals surface area contributed by atoms with Gasteiger partial charge < -0.3 is 9.30 Å². The quantitative estimate of drug-likeness (QED) is 0.588. The van der Waals surface area contributed by atoms with Crippen LogP contribution in [-0.4, -0.2) is 23.3 Å². The summed E-state index contributed by atoms with van der Waals surface area (Å²) >= 11 is 0. The Hall–Kier alpha value is -1.71. The molecule has 0 saturated heterocycles. The first-order valence-corrected chi connectivity index (χ1v) is 3.61. The molecule has 0 spiro atoms. The molecule has 0 aliphatic carbocycles. The summed E-state index contributed by atoms with van der Waals surface area (Å²) in [5, 5.41) is 0. The molecular formula is C10H12N2O. The highest BCUT2D eigenvalue weighted by Crippen LogP contribution is 1.89. The molecule has 0 saturated carbocycles. The van der Waals surface area contributed by atoms with Crippen molar-refractivity contribution in [3.05, 3.63) is 18.2 Å². The highest BCUT2D eigenvalue weighted by molar-refractivity contribution is 5.21. The maximum atomic E-state index is 5.08. The summed E-state index contributed by atoms with van der Waals surface area (Å²) in [4.78, 5) is 3.81. The summed E-state index contributed by atoms with van der Waals surface area (Å²) in [7, 11) is 3.43. The average molecular weight is 176 g/mol. The van der Waals surface area contributed by atoms with Gasteiger partial charge in [-0.25, -0.2) is 4.98 Å². The maximum absolute atomic E-state index is 5.08. The summed E-state index contributed by atoms with van der Waals surface area (Å²) in [5.74, 6) is 4.77. The predicted octanol–water partition coefficient (Wildman–Crippen LogP) is 0.667. The minimum atomic E-state index is 0.417. The number of aromatic nitrogens is 2. The zero-order chi connectivity index (χ0) is 10.1. The first kappa shape index (κ1) is 11.3. The number of ether oxygens (including phenoxy) is 1. The first-order valence-electron chi connectivity index (χ1n) is 3.61. The molecule has 13 heavy (non-hydrogen) atoms. The smallest absolute Gasteiger partial charge is 0.111 e. The van der Waals surface area contributed by atoms with E-state index in [2.05, 4.69) is 21.6 Å². The number of methoxy groups -OCH3 is 1. The minimum Gasteiger partial charge on any atom is -0.372 e. The normalized spacial score (nSPS) is 7.69. The summed E-state index contributed by atoms with van der Waals surface area (Å²) in [5.41, 5.74) is 0.810. The number of rotatable bonds is 1. The van der Waals surface area contributed by atoms with Crippen molar-refractivity contribution in [2.24, 2.45) is 7.05 Å². The zero-order valence-corrected chi connectivity index (χ0v) is 7.82. The van der Waals surface area contributed by atoms with Crippen molar-refractivity contribution in [1.29, 1.82) is 0 Å². The van der Waals surface area contributed by atoms with Gasteiger partial charge in [0.1, 0.15) is 12.3 Å². The minimum absolute atomic E-state index is 0.417. The number of imidazole rings is 1. The molecule has 1 aromatic rings. The maximum Gasteiger partial charge on any atom is 0.111 e. The lowest BCUT2D eigenvalue weighted by Crippen LogP contribution is -1.86. The number of hydrogen-bond donors (Lipinski definition) is 0. The van der Waals surface area contributed by atoms with Gasteiger partial charge in [0.2, 0.25) is 0 Å². The van der Waals surface area contributed by atoms with Crippen LogP contribution in [0.3, 0.4) is 0 Å². The van der Waals surface area contributed by atoms with E-state index in [-0.39, 0.29) is 0 Å². The monoisotopic (exact) mass is 176 g/mol. The van der Waals surface area contributed by atoms with Crippen LogP contribution in [0.2, 0.25) is 0 Å². The van der Waals surface area contributed by atoms with Crippen molar-refractivity contribution in [2.75, 3.05) is 13.7 Å². The van der Waals surface area contributed by atoms with E-state index in [1.54, 1.807) is 24.2 Å². The van der Waals surface area contributed by atoms with Gasteiger partial charge in [0.25, 0.3) is 0 Å². The molecule has 0 bridgehead atoms. The third kappa shape index (κ3) is 4.68. The van der Waals surface area contributed by atoms with Gasteiger partial charge in [0, 0.05) is 14.2 Å². The Kier molecular flexibility index (Phi) is 6.05. The first-order chi connectivity index (χ1) is 6.26. The zero-order valence-electron chi connectivity index (χ0n) is 7.82. The number of terminal acetylenes is 2. The molecule has 1 aromatic heterocycles. The number of aryl methyl sites for hydroxylation is 1. The van der Waals surface area contributed by atoms with Gasteiger partial charge in [-0.05, 0) is 0 Å². The predicted molar refractivity (Wildman–Crippen MR) is 51.9 cm³/mol. The molecule has 0 amide bonds. The average Bonchev–Trinajstić information content (AvgIpc) is 2.53. The summed E-state index contributed by atoms with van der Waals surface area (Å²) in [6.07, 6.45) is 13.2. The molecule has 0 fully saturated rings. The Morgan fingerprint density at radius 2 is 2.31 bits per heavy atom. The Morgan fingerprint density at radius 3 is 2.46 bits per heavy atom. The van der Waals surface area contributed by atoms with Gasteiger partial charge in [-0.2, -0.15) is 0 Å². The van der Waals surface area contributed by atoms with Crippen molar-refractivity contribution < 1.29 is 4.74 Å². The molecule has 3 heteroatoms. The van der Waals surface area contributed by atoms with Crippen LogP contribution < -0.4 is 0 Å². The van der Waals surface area contributed by atoms with E-state index in [1.807, 2.05) is 7.05 Å². The SMILES string of the molecule is C#CCOC.C#Cc1cncn1C. The van der Waals surface area contributed by atoms with E-state index in [0.29, 0.717) is 6.61 Å². The molecule has 0 aliphatic heterocycles. The lowest BCUT2D eigenvalue weighted by Gasteiger charge is -1.86. The van der Waals surface area contributed by atoms with E-state index in [9.17, 15) is 0 Å². The van der Waals surface area contributed by atoms with Gasteiger partial charge in [-0.15, -0.1) is 12.8 Å². The van der Waals surface area contributed by atoms with Gasteiger partial charge >= 0.3 is 0 Å². The van der Waals surface area contributed by atoms with Crippen LogP contribution in [0.25, 0.3) is 0 Å². The molecule has 0 aromatic carbocycles.